The molecule has 22 heavy (non-hydrogen) atoms. The van der Waals surface area contributed by atoms with Crippen LogP contribution in [0.2, 0.25) is 0 Å². The molecule has 2 aromatic rings. The first-order valence-electron chi connectivity index (χ1n) is 5.91. The van der Waals surface area contributed by atoms with Crippen molar-refractivity contribution in [2.24, 2.45) is 0 Å². The summed E-state index contributed by atoms with van der Waals surface area (Å²) in [6.45, 7) is 0. The molecule has 116 valence electrons. The zero-order chi connectivity index (χ0) is 16.3. The van der Waals surface area contributed by atoms with Gasteiger partial charge in [0.25, 0.3) is 0 Å². The second-order valence-corrected chi connectivity index (χ2v) is 4.09. The number of carbonyl (C=O) groups excluding carboxylic acids is 1. The maximum absolute atomic E-state index is 14.2. The lowest BCUT2D eigenvalue weighted by Crippen LogP contribution is -2.17. The molecule has 0 bridgehead atoms. The monoisotopic (exact) mass is 315 g/mol. The first-order valence-corrected chi connectivity index (χ1v) is 5.91. The van der Waals surface area contributed by atoms with Crippen LogP contribution in [0.15, 0.2) is 36.5 Å². The molecule has 0 radical (unpaired) electrons. The minimum Gasteiger partial charge on any atom is -0.465 e. The van der Waals surface area contributed by atoms with E-state index >= 15 is 0 Å². The summed E-state index contributed by atoms with van der Waals surface area (Å²) in [5.74, 6) is -2.42. The average molecular weight is 315 g/mol. The molecule has 2 rings (SSSR count). The molecule has 0 aliphatic heterocycles. The molecular formula is C14H9F4NO3. The van der Waals surface area contributed by atoms with Crippen molar-refractivity contribution < 1.29 is 31.8 Å². The highest BCUT2D eigenvalue weighted by atomic mass is 19.4. The van der Waals surface area contributed by atoms with Gasteiger partial charge >= 0.3 is 12.3 Å². The lowest BCUT2D eigenvalue weighted by molar-refractivity contribution is -0.274. The van der Waals surface area contributed by atoms with Crippen LogP contribution in [0, 0.1) is 5.82 Å². The van der Waals surface area contributed by atoms with Crippen LogP contribution in [-0.4, -0.2) is 24.4 Å². The fourth-order valence-electron chi connectivity index (χ4n) is 1.75. The maximum atomic E-state index is 14.2. The highest BCUT2D eigenvalue weighted by Gasteiger charge is 2.31. The second kappa shape index (κ2) is 6.00. The lowest BCUT2D eigenvalue weighted by Gasteiger charge is -2.10. The highest BCUT2D eigenvalue weighted by Crippen LogP contribution is 2.29. The van der Waals surface area contributed by atoms with E-state index in [1.807, 2.05) is 0 Å². The number of pyridine rings is 1. The Morgan fingerprint density at radius 1 is 1.23 bits per heavy atom. The van der Waals surface area contributed by atoms with Crippen molar-refractivity contribution in [1.82, 2.24) is 4.98 Å². The number of aromatic nitrogens is 1. The quantitative estimate of drug-likeness (QED) is 0.642. The Balaban J connectivity index is 2.44. The Labute approximate surface area is 122 Å². The molecule has 0 amide bonds. The van der Waals surface area contributed by atoms with E-state index in [2.05, 4.69) is 14.5 Å². The van der Waals surface area contributed by atoms with E-state index in [4.69, 9.17) is 0 Å². The number of benzene rings is 1. The van der Waals surface area contributed by atoms with Crippen molar-refractivity contribution in [3.63, 3.8) is 0 Å². The zero-order valence-electron chi connectivity index (χ0n) is 11.1. The number of hydrogen-bond donors (Lipinski definition) is 0. The van der Waals surface area contributed by atoms with Gasteiger partial charge < -0.3 is 9.47 Å². The summed E-state index contributed by atoms with van der Waals surface area (Å²) in [6.07, 6.45) is -3.71. The first-order chi connectivity index (χ1) is 10.3. The smallest absolute Gasteiger partial charge is 0.465 e. The van der Waals surface area contributed by atoms with Crippen LogP contribution in [0.1, 0.15) is 10.4 Å². The van der Waals surface area contributed by atoms with Crippen molar-refractivity contribution in [2.45, 2.75) is 6.36 Å². The Bertz CT molecular complexity index is 701. The molecule has 1 aromatic carbocycles. The van der Waals surface area contributed by atoms with Crippen LogP contribution in [0.3, 0.4) is 0 Å². The average Bonchev–Trinajstić information content (AvgIpc) is 2.45. The Morgan fingerprint density at radius 2 is 1.95 bits per heavy atom. The van der Waals surface area contributed by atoms with Crippen molar-refractivity contribution in [1.29, 1.82) is 0 Å². The van der Waals surface area contributed by atoms with Crippen molar-refractivity contribution in [3.8, 4) is 17.0 Å². The predicted molar refractivity (Wildman–Crippen MR) is 67.7 cm³/mol. The van der Waals surface area contributed by atoms with Crippen molar-refractivity contribution >= 4 is 5.97 Å². The first kappa shape index (κ1) is 15.7. The number of methoxy groups -OCH3 is 1. The fraction of sp³-hybridized carbons (Fsp3) is 0.143. The Hall–Kier alpha value is -2.64. The number of carbonyl (C=O) groups is 1. The predicted octanol–water partition coefficient (Wildman–Crippen LogP) is 3.57. The number of alkyl halides is 3. The number of rotatable bonds is 3. The molecule has 0 saturated carbocycles. The Kier molecular flexibility index (Phi) is 4.30. The lowest BCUT2D eigenvalue weighted by atomic mass is 10.1. The van der Waals surface area contributed by atoms with Gasteiger partial charge in [-0.25, -0.2) is 9.18 Å². The van der Waals surface area contributed by atoms with Gasteiger partial charge in [-0.2, -0.15) is 0 Å². The molecule has 4 nitrogen and oxygen atoms in total. The van der Waals surface area contributed by atoms with Gasteiger partial charge in [0.2, 0.25) is 0 Å². The third kappa shape index (κ3) is 3.51. The van der Waals surface area contributed by atoms with E-state index in [-0.39, 0.29) is 16.8 Å². The van der Waals surface area contributed by atoms with Crippen LogP contribution in [0.25, 0.3) is 11.3 Å². The number of ether oxygens (including phenoxy) is 2. The fourth-order valence-corrected chi connectivity index (χ4v) is 1.75. The molecular weight excluding hydrogens is 306 g/mol. The molecule has 0 unspecified atom stereocenters. The van der Waals surface area contributed by atoms with E-state index in [0.717, 1.165) is 31.5 Å². The van der Waals surface area contributed by atoms with E-state index in [1.54, 1.807) is 0 Å². The molecule has 0 spiro atoms. The third-order valence-corrected chi connectivity index (χ3v) is 2.64. The van der Waals surface area contributed by atoms with E-state index in [1.165, 1.54) is 12.1 Å². The summed E-state index contributed by atoms with van der Waals surface area (Å²) in [4.78, 5) is 15.2. The van der Waals surface area contributed by atoms with Crippen molar-refractivity contribution in [3.05, 3.63) is 47.9 Å². The van der Waals surface area contributed by atoms with Gasteiger partial charge in [0.15, 0.2) is 5.82 Å². The van der Waals surface area contributed by atoms with E-state index in [0.29, 0.717) is 0 Å². The van der Waals surface area contributed by atoms with Gasteiger partial charge in [0, 0.05) is 11.8 Å². The molecule has 0 atom stereocenters. The molecule has 0 N–H and O–H groups in total. The molecule has 0 aliphatic carbocycles. The van der Waals surface area contributed by atoms with Gasteiger partial charge in [0.1, 0.15) is 11.4 Å². The zero-order valence-corrected chi connectivity index (χ0v) is 11.1. The molecule has 0 fully saturated rings. The van der Waals surface area contributed by atoms with Gasteiger partial charge in [-0.1, -0.05) is 12.1 Å². The molecule has 1 heterocycles. The molecule has 1 aromatic heterocycles. The van der Waals surface area contributed by atoms with E-state index < -0.39 is 23.9 Å². The molecule has 8 heteroatoms. The highest BCUT2D eigenvalue weighted by molar-refractivity contribution is 5.90. The summed E-state index contributed by atoms with van der Waals surface area (Å²) in [7, 11) is 1.08. The standard InChI is InChI=1S/C14H9F4NO3/c1-21-13(20)10-5-6-19-12(11(10)15)8-3-2-4-9(7-8)22-14(16,17)18/h2-7H,1H3. The van der Waals surface area contributed by atoms with Crippen LogP contribution >= 0.6 is 0 Å². The largest absolute Gasteiger partial charge is 0.573 e. The normalized spacial score (nSPS) is 11.1. The SMILES string of the molecule is COC(=O)c1ccnc(-c2cccc(OC(F)(F)F)c2)c1F. The number of esters is 1. The molecule has 0 saturated heterocycles. The van der Waals surface area contributed by atoms with E-state index in [9.17, 15) is 22.4 Å². The van der Waals surface area contributed by atoms with Crippen LogP contribution in [0.5, 0.6) is 5.75 Å². The number of nitrogens with zero attached hydrogens (tertiary/aromatic N) is 1. The minimum absolute atomic E-state index is 0.0324. The third-order valence-electron chi connectivity index (χ3n) is 2.64. The minimum atomic E-state index is -4.86. The number of halogens is 4. The Morgan fingerprint density at radius 3 is 2.59 bits per heavy atom. The second-order valence-electron chi connectivity index (χ2n) is 4.09. The van der Waals surface area contributed by atoms with Crippen LogP contribution in [0.4, 0.5) is 17.6 Å². The topological polar surface area (TPSA) is 48.4 Å². The van der Waals surface area contributed by atoms with Gasteiger partial charge in [0.05, 0.1) is 12.7 Å². The number of hydrogen-bond acceptors (Lipinski definition) is 4. The maximum Gasteiger partial charge on any atom is 0.573 e. The van der Waals surface area contributed by atoms with Gasteiger partial charge in [-0.15, -0.1) is 13.2 Å². The summed E-state index contributed by atoms with van der Waals surface area (Å²) in [5, 5.41) is 0. The van der Waals surface area contributed by atoms with Gasteiger partial charge in [-0.05, 0) is 18.2 Å². The van der Waals surface area contributed by atoms with Gasteiger partial charge in [-0.3, -0.25) is 4.98 Å². The van der Waals surface area contributed by atoms with Crippen molar-refractivity contribution in [2.75, 3.05) is 7.11 Å². The summed E-state index contributed by atoms with van der Waals surface area (Å²) >= 11 is 0. The van der Waals surface area contributed by atoms with Crippen LogP contribution in [-0.2, 0) is 4.74 Å². The molecule has 0 aliphatic rings. The van der Waals surface area contributed by atoms with Crippen LogP contribution < -0.4 is 4.74 Å². The summed E-state index contributed by atoms with van der Waals surface area (Å²) in [6, 6.07) is 5.75. The summed E-state index contributed by atoms with van der Waals surface area (Å²) < 4.78 is 59.0. The summed E-state index contributed by atoms with van der Waals surface area (Å²) in [5.41, 5.74) is -0.616.